The molecule has 1 atom stereocenters. The van der Waals surface area contributed by atoms with E-state index in [2.05, 4.69) is 42.9 Å². The Morgan fingerprint density at radius 3 is 2.73 bits per heavy atom. The second-order valence-electron chi connectivity index (χ2n) is 6.28. The van der Waals surface area contributed by atoms with Crippen LogP contribution in [0, 0.1) is 10.5 Å². The van der Waals surface area contributed by atoms with Crippen molar-refractivity contribution in [1.82, 2.24) is 10.3 Å². The fourth-order valence-corrected chi connectivity index (χ4v) is 2.84. The van der Waals surface area contributed by atoms with E-state index in [1.165, 1.54) is 20.4 Å². The Kier molecular flexibility index (Phi) is 6.76. The van der Waals surface area contributed by atoms with Gasteiger partial charge in [-0.05, 0) is 67.1 Å². The van der Waals surface area contributed by atoms with E-state index in [4.69, 9.17) is 9.47 Å². The number of ether oxygens (including phenoxy) is 2. The van der Waals surface area contributed by atoms with Gasteiger partial charge >= 0.3 is 0 Å². The maximum atomic E-state index is 12.5. The molecule has 2 aromatic rings. The summed E-state index contributed by atoms with van der Waals surface area (Å²) in [6.07, 6.45) is 2.20. The van der Waals surface area contributed by atoms with Crippen LogP contribution in [-0.4, -0.2) is 43.2 Å². The molecule has 0 radical (unpaired) electrons. The number of carbonyl (C=O) groups excluding carboxylic acids is 1. The zero-order valence-corrected chi connectivity index (χ0v) is 17.5. The van der Waals surface area contributed by atoms with Crippen LogP contribution in [-0.2, 0) is 14.4 Å². The van der Waals surface area contributed by atoms with Crippen LogP contribution in [0.15, 0.2) is 29.6 Å². The summed E-state index contributed by atoms with van der Waals surface area (Å²) in [7, 11) is 2.85. The zero-order valence-electron chi connectivity index (χ0n) is 15.4. The third kappa shape index (κ3) is 5.28. The predicted molar refractivity (Wildman–Crippen MR) is 108 cm³/mol. The minimum atomic E-state index is -1.10. The lowest BCUT2D eigenvalue weighted by Gasteiger charge is -2.24. The lowest BCUT2D eigenvalue weighted by molar-refractivity contribution is -0.149. The van der Waals surface area contributed by atoms with Gasteiger partial charge in [0.15, 0.2) is 0 Å². The highest BCUT2D eigenvalue weighted by atomic mass is 127. The van der Waals surface area contributed by atoms with Crippen molar-refractivity contribution in [2.75, 3.05) is 14.2 Å². The average molecular weight is 471 g/mol. The molecule has 0 saturated heterocycles. The molecule has 0 fully saturated rings. The number of nitrogens with one attached hydrogen (secondary N) is 1. The highest BCUT2D eigenvalue weighted by Crippen LogP contribution is 2.25. The van der Waals surface area contributed by atoms with E-state index in [9.17, 15) is 4.79 Å². The minimum absolute atomic E-state index is 0.418. The molecule has 1 unspecified atom stereocenters. The monoisotopic (exact) mass is 471 g/mol. The minimum Gasteiger partial charge on any atom is -0.455 e. The van der Waals surface area contributed by atoms with Crippen molar-refractivity contribution in [3.05, 3.63) is 33.5 Å². The summed E-state index contributed by atoms with van der Waals surface area (Å²) < 4.78 is 12.0. The summed E-state index contributed by atoms with van der Waals surface area (Å²) in [5.74, 6) is 0.114. The maximum absolute atomic E-state index is 12.5. The SMILES string of the molecule is CON=CC(C)(C)NC(=O)C(OC)Oc1cc(C)c2ncc(I)cc2c1. The molecule has 0 spiro atoms. The summed E-state index contributed by atoms with van der Waals surface area (Å²) in [5, 5.41) is 7.42. The van der Waals surface area contributed by atoms with Crippen molar-refractivity contribution in [3.8, 4) is 5.75 Å². The van der Waals surface area contributed by atoms with E-state index in [0.29, 0.717) is 5.75 Å². The van der Waals surface area contributed by atoms with Crippen LogP contribution in [0.5, 0.6) is 5.75 Å². The van der Waals surface area contributed by atoms with E-state index in [1.807, 2.05) is 31.3 Å². The number of hydrogen-bond acceptors (Lipinski definition) is 6. The number of carbonyl (C=O) groups is 1. The second-order valence-corrected chi connectivity index (χ2v) is 7.52. The Hall–Kier alpha value is -1.94. The predicted octanol–water partition coefficient (Wildman–Crippen LogP) is 3.03. The number of hydrogen-bond donors (Lipinski definition) is 1. The molecule has 1 heterocycles. The molecule has 0 aliphatic rings. The number of benzene rings is 1. The molecule has 1 amide bonds. The van der Waals surface area contributed by atoms with E-state index in [-0.39, 0.29) is 0 Å². The van der Waals surface area contributed by atoms with E-state index >= 15 is 0 Å². The molecule has 7 nitrogen and oxygen atoms in total. The number of oxime groups is 1. The number of rotatable bonds is 7. The Bertz CT molecular complexity index is 823. The number of aryl methyl sites for hydroxylation is 1. The number of nitrogens with zero attached hydrogens (tertiary/aromatic N) is 2. The Labute approximate surface area is 166 Å². The number of fused-ring (bicyclic) bond motifs is 1. The molecular formula is C18H22IN3O4. The van der Waals surface area contributed by atoms with Gasteiger partial charge in [0, 0.05) is 22.3 Å². The Morgan fingerprint density at radius 2 is 2.08 bits per heavy atom. The topological polar surface area (TPSA) is 82.0 Å². The number of pyridine rings is 1. The van der Waals surface area contributed by atoms with Gasteiger partial charge in [0.05, 0.1) is 17.3 Å². The average Bonchev–Trinajstić information content (AvgIpc) is 2.57. The van der Waals surface area contributed by atoms with Crippen molar-refractivity contribution in [2.24, 2.45) is 5.16 Å². The van der Waals surface area contributed by atoms with E-state index in [1.54, 1.807) is 13.8 Å². The number of halogens is 1. The smallest absolute Gasteiger partial charge is 0.290 e. The van der Waals surface area contributed by atoms with Gasteiger partial charge in [-0.15, -0.1) is 0 Å². The zero-order chi connectivity index (χ0) is 19.3. The lowest BCUT2D eigenvalue weighted by atomic mass is 10.1. The summed E-state index contributed by atoms with van der Waals surface area (Å²) in [6.45, 7) is 5.52. The van der Waals surface area contributed by atoms with Crippen LogP contribution < -0.4 is 10.1 Å². The molecule has 0 aliphatic heterocycles. The Balaban J connectivity index is 2.20. The van der Waals surface area contributed by atoms with Gasteiger partial charge in [0.2, 0.25) is 0 Å². The van der Waals surface area contributed by atoms with Gasteiger partial charge in [-0.25, -0.2) is 0 Å². The second kappa shape index (κ2) is 8.63. The van der Waals surface area contributed by atoms with E-state index < -0.39 is 17.7 Å². The third-order valence-corrected chi connectivity index (χ3v) is 4.10. The number of methoxy groups -OCH3 is 1. The first-order valence-electron chi connectivity index (χ1n) is 7.91. The molecule has 1 N–H and O–H groups in total. The number of aromatic nitrogens is 1. The van der Waals surface area contributed by atoms with Crippen LogP contribution in [0.1, 0.15) is 19.4 Å². The summed E-state index contributed by atoms with van der Waals surface area (Å²) >= 11 is 2.21. The van der Waals surface area contributed by atoms with Crippen molar-refractivity contribution in [1.29, 1.82) is 0 Å². The van der Waals surface area contributed by atoms with Crippen LogP contribution in [0.2, 0.25) is 0 Å². The lowest BCUT2D eigenvalue weighted by Crippen LogP contribution is -2.51. The van der Waals surface area contributed by atoms with Crippen LogP contribution in [0.3, 0.4) is 0 Å². The normalized spacial score (nSPS) is 13.0. The quantitative estimate of drug-likeness (QED) is 0.291. The van der Waals surface area contributed by atoms with Gasteiger partial charge in [-0.3, -0.25) is 9.78 Å². The molecule has 8 heteroatoms. The molecule has 0 saturated carbocycles. The first-order valence-corrected chi connectivity index (χ1v) is 8.98. The van der Waals surface area contributed by atoms with Gasteiger partial charge in [0.1, 0.15) is 12.9 Å². The van der Waals surface area contributed by atoms with Crippen molar-refractivity contribution < 1.29 is 19.1 Å². The Morgan fingerprint density at radius 1 is 1.35 bits per heavy atom. The fourth-order valence-electron chi connectivity index (χ4n) is 2.36. The highest BCUT2D eigenvalue weighted by Gasteiger charge is 2.26. The van der Waals surface area contributed by atoms with Crippen molar-refractivity contribution in [3.63, 3.8) is 0 Å². The molecule has 2 rings (SSSR count). The standard InChI is InChI=1S/C18H22IN3O4/c1-11-6-14(8-12-7-13(19)9-20-15(11)12)26-17(24-4)16(23)22-18(2,3)10-21-25-5/h6-10,17H,1-5H3,(H,22,23). The summed E-state index contributed by atoms with van der Waals surface area (Å²) in [5.41, 5.74) is 1.14. The largest absolute Gasteiger partial charge is 0.455 e. The van der Waals surface area contributed by atoms with Gasteiger partial charge in [-0.1, -0.05) is 5.16 Å². The van der Waals surface area contributed by atoms with Crippen molar-refractivity contribution >= 4 is 45.6 Å². The summed E-state index contributed by atoms with van der Waals surface area (Å²) in [4.78, 5) is 21.6. The molecular weight excluding hydrogens is 449 g/mol. The fraction of sp³-hybridized carbons (Fsp3) is 0.389. The van der Waals surface area contributed by atoms with Crippen LogP contribution in [0.25, 0.3) is 10.9 Å². The first kappa shape index (κ1) is 20.4. The van der Waals surface area contributed by atoms with Gasteiger partial charge < -0.3 is 19.6 Å². The third-order valence-electron chi connectivity index (χ3n) is 3.51. The molecule has 1 aromatic heterocycles. The summed E-state index contributed by atoms with van der Waals surface area (Å²) in [6, 6.07) is 5.68. The molecule has 0 bridgehead atoms. The molecule has 140 valence electrons. The van der Waals surface area contributed by atoms with Crippen LogP contribution in [0.4, 0.5) is 0 Å². The van der Waals surface area contributed by atoms with Crippen molar-refractivity contribution in [2.45, 2.75) is 32.6 Å². The van der Waals surface area contributed by atoms with Crippen LogP contribution >= 0.6 is 22.6 Å². The van der Waals surface area contributed by atoms with Gasteiger partial charge in [0.25, 0.3) is 12.2 Å². The number of amides is 1. The van der Waals surface area contributed by atoms with Gasteiger partial charge in [-0.2, -0.15) is 0 Å². The highest BCUT2D eigenvalue weighted by molar-refractivity contribution is 14.1. The first-order chi connectivity index (χ1) is 12.3. The maximum Gasteiger partial charge on any atom is 0.290 e. The molecule has 0 aliphatic carbocycles. The van der Waals surface area contributed by atoms with E-state index in [0.717, 1.165) is 20.0 Å². The molecule has 26 heavy (non-hydrogen) atoms. The molecule has 1 aromatic carbocycles.